The number of methoxy groups -OCH3 is 1. The first kappa shape index (κ1) is 30.3. The Hall–Kier alpha value is -3.66. The van der Waals surface area contributed by atoms with Crippen molar-refractivity contribution in [3.63, 3.8) is 0 Å². The fraction of sp³-hybridized carbons (Fsp3) is 0.281. The van der Waals surface area contributed by atoms with Crippen molar-refractivity contribution in [2.24, 2.45) is 0 Å². The van der Waals surface area contributed by atoms with Gasteiger partial charge in [-0.2, -0.15) is 0 Å². The maximum absolute atomic E-state index is 8.49. The van der Waals surface area contributed by atoms with Crippen molar-refractivity contribution in [2.75, 3.05) is 32.1 Å². The number of allylic oxidation sites excluding steroid dienone is 3. The van der Waals surface area contributed by atoms with Crippen molar-refractivity contribution in [3.05, 3.63) is 95.0 Å². The molecule has 0 fully saturated rings. The van der Waals surface area contributed by atoms with Gasteiger partial charge in [0.05, 0.1) is 13.2 Å². The number of nitrogens with zero attached hydrogens (tertiary/aromatic N) is 2. The molecule has 0 aromatic heterocycles. The molecule has 216 valence electrons. The van der Waals surface area contributed by atoms with E-state index in [0.29, 0.717) is 0 Å². The number of halogens is 1. The topological polar surface area (TPSA) is 121 Å². The number of para-hydroxylation sites is 1. The molecule has 0 spiro atoms. The molecule has 0 N–H and O–H groups in total. The Morgan fingerprint density at radius 2 is 1.66 bits per heavy atom. The van der Waals surface area contributed by atoms with E-state index >= 15 is 0 Å². The minimum Gasteiger partial charge on any atom is -0.497 e. The monoisotopic (exact) mass is 578 g/mol. The Kier molecular flexibility index (Phi) is 8.91. The zero-order chi connectivity index (χ0) is 29.9. The zero-order valence-corrected chi connectivity index (χ0v) is 24.9. The Morgan fingerprint density at radius 1 is 0.976 bits per heavy atom. The number of likely N-dealkylation sites (N-methyl/N-ethyl adjacent to an activating group) is 1. The normalized spacial score (nSPS) is 15.4. The molecule has 0 saturated heterocycles. The summed E-state index contributed by atoms with van der Waals surface area (Å²) in [4.78, 5) is 2.30. The first-order valence-electron chi connectivity index (χ1n) is 13.3. The van der Waals surface area contributed by atoms with E-state index in [1.807, 2.05) is 12.1 Å². The van der Waals surface area contributed by atoms with Crippen LogP contribution < -0.4 is 38.2 Å². The molecular formula is C32H35ClN2O6. The molecule has 2 aromatic carbocycles. The van der Waals surface area contributed by atoms with Gasteiger partial charge in [-0.25, -0.2) is 23.2 Å². The minimum atomic E-state index is -4.94. The molecule has 0 atom stereocenters. The van der Waals surface area contributed by atoms with Gasteiger partial charge >= 0.3 is 0 Å². The predicted octanol–water partition coefficient (Wildman–Crippen LogP) is 1.93. The average Bonchev–Trinajstić information content (AvgIpc) is 3.12. The predicted molar refractivity (Wildman–Crippen MR) is 151 cm³/mol. The van der Waals surface area contributed by atoms with Crippen molar-refractivity contribution < 1.29 is 38.0 Å². The maximum Gasteiger partial charge on any atom is 0.203 e. The van der Waals surface area contributed by atoms with E-state index in [2.05, 4.69) is 111 Å². The second-order valence-corrected chi connectivity index (χ2v) is 11.0. The van der Waals surface area contributed by atoms with Crippen LogP contribution in [-0.4, -0.2) is 27.2 Å². The highest BCUT2D eigenvalue weighted by atomic mass is 35.7. The molecule has 2 aromatic rings. The summed E-state index contributed by atoms with van der Waals surface area (Å²) in [6, 6.07) is 21.2. The van der Waals surface area contributed by atoms with E-state index in [4.69, 9.17) is 27.8 Å². The maximum atomic E-state index is 8.49. The Bertz CT molecular complexity index is 1640. The second-order valence-electron chi connectivity index (χ2n) is 10.2. The van der Waals surface area contributed by atoms with Crippen LogP contribution in [0.2, 0.25) is 0 Å². The molecule has 5 rings (SSSR count). The fourth-order valence-electron chi connectivity index (χ4n) is 5.52. The number of anilines is 1. The first-order valence-corrected chi connectivity index (χ1v) is 14.6. The number of benzene rings is 3. The standard InChI is InChI=1S/C32H35N2O2.ClHO4/c1-7-34(8-2)22-16-18-25-24(26-19-17-23(35-6)21-30(26)36-29(25)20-22)12-11-15-31-32(3,4)27-13-9-10-14-28(27)33(31)5;2-1(3,4)5/h9-21H,7-8H2,1-6H3;(H,2,3,4,5)/q+1;/p-1. The fourth-order valence-corrected chi connectivity index (χ4v) is 5.52. The van der Waals surface area contributed by atoms with Crippen molar-refractivity contribution in [1.82, 2.24) is 4.58 Å². The van der Waals surface area contributed by atoms with Gasteiger partial charge in [-0.1, -0.05) is 44.2 Å². The second kappa shape index (κ2) is 12.1. The van der Waals surface area contributed by atoms with Gasteiger partial charge in [0, 0.05) is 46.9 Å². The van der Waals surface area contributed by atoms with Crippen LogP contribution in [-0.2, 0) is 5.41 Å². The molecule has 0 amide bonds. The summed E-state index contributed by atoms with van der Waals surface area (Å²) >= 11 is 0. The van der Waals surface area contributed by atoms with Crippen LogP contribution in [0.25, 0.3) is 28.4 Å². The zero-order valence-electron chi connectivity index (χ0n) is 24.1. The lowest BCUT2D eigenvalue weighted by Gasteiger charge is -2.23. The van der Waals surface area contributed by atoms with Gasteiger partial charge in [0.1, 0.15) is 30.2 Å². The number of rotatable bonds is 5. The number of fused-ring (bicyclic) bond motifs is 3. The summed E-state index contributed by atoms with van der Waals surface area (Å²) in [5, 5.41) is 2.23. The minimum absolute atomic E-state index is 0.0577. The lowest BCUT2D eigenvalue weighted by molar-refractivity contribution is -2.00. The van der Waals surface area contributed by atoms with Crippen LogP contribution in [0.3, 0.4) is 0 Å². The summed E-state index contributed by atoms with van der Waals surface area (Å²) in [6.45, 7) is 10.9. The molecule has 0 bridgehead atoms. The van der Waals surface area contributed by atoms with Gasteiger partial charge in [-0.15, -0.1) is 10.2 Å². The lowest BCUT2D eigenvalue weighted by Crippen LogP contribution is -2.68. The molecule has 2 aliphatic heterocycles. The number of hydrogen-bond acceptors (Lipinski definition) is 7. The van der Waals surface area contributed by atoms with E-state index in [1.165, 1.54) is 22.3 Å². The molecular weight excluding hydrogens is 544 g/mol. The van der Waals surface area contributed by atoms with Gasteiger partial charge in [0.2, 0.25) is 5.36 Å². The largest absolute Gasteiger partial charge is 0.497 e. The van der Waals surface area contributed by atoms with Crippen LogP contribution in [0.5, 0.6) is 5.75 Å². The molecule has 0 unspecified atom stereocenters. The van der Waals surface area contributed by atoms with Crippen molar-refractivity contribution in [3.8, 4) is 17.1 Å². The third-order valence-electron chi connectivity index (χ3n) is 7.54. The van der Waals surface area contributed by atoms with Crippen LogP contribution in [0.4, 0.5) is 5.69 Å². The molecule has 3 aliphatic rings. The first-order chi connectivity index (χ1) is 19.4. The van der Waals surface area contributed by atoms with Crippen LogP contribution in [0.15, 0.2) is 82.9 Å². The van der Waals surface area contributed by atoms with Gasteiger partial charge < -0.3 is 14.1 Å². The molecule has 41 heavy (non-hydrogen) atoms. The van der Waals surface area contributed by atoms with E-state index in [-0.39, 0.29) is 5.41 Å². The quantitative estimate of drug-likeness (QED) is 0.262. The Morgan fingerprint density at radius 3 is 2.29 bits per heavy atom. The van der Waals surface area contributed by atoms with E-state index < -0.39 is 10.2 Å². The molecule has 2 heterocycles. The van der Waals surface area contributed by atoms with E-state index in [0.717, 1.165) is 46.7 Å². The third kappa shape index (κ3) is 6.48. The highest BCUT2D eigenvalue weighted by molar-refractivity contribution is 5.95. The van der Waals surface area contributed by atoms with Crippen LogP contribution in [0, 0.1) is 10.2 Å². The molecule has 8 nitrogen and oxygen atoms in total. The summed E-state index contributed by atoms with van der Waals surface area (Å²) in [7, 11) is -1.11. The Labute approximate surface area is 242 Å². The van der Waals surface area contributed by atoms with E-state index in [9.17, 15) is 0 Å². The highest BCUT2D eigenvalue weighted by Gasteiger charge is 2.37. The number of ether oxygens (including phenoxy) is 1. The molecule has 0 radical (unpaired) electrons. The SMILES string of the molecule is CC[N+](CC)=c1ccc2c(/C=C/C=C3\N(C)c4ccccc4C3(C)C)c3ccc(OC)cc3oc-2c1.[O-][Cl+3]([O-])([O-])[O-]. The molecule has 1 aliphatic carbocycles. The molecule has 9 heteroatoms. The highest BCUT2D eigenvalue weighted by Crippen LogP contribution is 2.46. The van der Waals surface area contributed by atoms with Crippen LogP contribution in [0.1, 0.15) is 38.8 Å². The van der Waals surface area contributed by atoms with Crippen LogP contribution >= 0.6 is 0 Å². The Balaban J connectivity index is 0.000000714. The number of hydrogen-bond donors (Lipinski definition) is 0. The summed E-state index contributed by atoms with van der Waals surface area (Å²) in [5.74, 6) is 1.66. The van der Waals surface area contributed by atoms with Gasteiger partial charge in [0.15, 0.2) is 0 Å². The summed E-state index contributed by atoms with van der Waals surface area (Å²) in [6.07, 6.45) is 6.63. The van der Waals surface area contributed by atoms with Crippen molar-refractivity contribution in [2.45, 2.75) is 33.1 Å². The van der Waals surface area contributed by atoms with Gasteiger partial charge in [-0.05, 0) is 55.3 Å². The van der Waals surface area contributed by atoms with Gasteiger partial charge in [-0.3, -0.25) is 0 Å². The third-order valence-corrected chi connectivity index (χ3v) is 7.54. The van der Waals surface area contributed by atoms with E-state index in [1.54, 1.807) is 7.11 Å². The lowest BCUT2D eigenvalue weighted by atomic mass is 9.84. The summed E-state index contributed by atoms with van der Waals surface area (Å²) < 4.78 is 48.2. The summed E-state index contributed by atoms with van der Waals surface area (Å²) in [5.41, 5.74) is 6.91. The van der Waals surface area contributed by atoms with Gasteiger partial charge in [0.25, 0.3) is 0 Å². The van der Waals surface area contributed by atoms with Crippen molar-refractivity contribution in [1.29, 1.82) is 0 Å². The average molecular weight is 579 g/mol. The smallest absolute Gasteiger partial charge is 0.203 e. The molecule has 0 saturated carbocycles. The van der Waals surface area contributed by atoms with Crippen molar-refractivity contribution >= 4 is 22.7 Å².